The van der Waals surface area contributed by atoms with Crippen LogP contribution in [0.1, 0.15) is 12.0 Å². The molecule has 0 aliphatic carbocycles. The zero-order valence-corrected chi connectivity index (χ0v) is 15.0. The predicted octanol–water partition coefficient (Wildman–Crippen LogP) is 2.75. The highest BCUT2D eigenvalue weighted by molar-refractivity contribution is 5.76. The molecule has 0 radical (unpaired) electrons. The second-order valence-electron chi connectivity index (χ2n) is 6.13. The molecule has 134 valence electrons. The number of hydrogen-bond acceptors (Lipinski definition) is 4. The summed E-state index contributed by atoms with van der Waals surface area (Å²) in [6.45, 7) is 2.70. The first-order valence-corrected chi connectivity index (χ1v) is 8.55. The summed E-state index contributed by atoms with van der Waals surface area (Å²) in [6, 6.07) is 17.9. The van der Waals surface area contributed by atoms with E-state index in [-0.39, 0.29) is 5.91 Å². The molecule has 0 aliphatic heterocycles. The molecule has 0 aliphatic rings. The Kier molecular flexibility index (Phi) is 7.79. The van der Waals surface area contributed by atoms with Gasteiger partial charge in [-0.1, -0.05) is 30.3 Å². The van der Waals surface area contributed by atoms with Crippen LogP contribution in [0.3, 0.4) is 0 Å². The van der Waals surface area contributed by atoms with Crippen LogP contribution in [0.4, 0.5) is 5.69 Å². The van der Waals surface area contributed by atoms with E-state index in [1.54, 1.807) is 0 Å². The average molecular weight is 341 g/mol. The van der Waals surface area contributed by atoms with Gasteiger partial charge in [0.1, 0.15) is 12.4 Å². The maximum Gasteiger partial charge on any atom is 0.221 e. The lowest BCUT2D eigenvalue weighted by molar-refractivity contribution is -0.120. The number of nitrogens with one attached hydrogen (secondary N) is 2. The second kappa shape index (κ2) is 10.4. The fourth-order valence-electron chi connectivity index (χ4n) is 2.24. The van der Waals surface area contributed by atoms with Gasteiger partial charge in [-0.2, -0.15) is 0 Å². The Bertz CT molecular complexity index is 627. The molecule has 5 heteroatoms. The van der Waals surface area contributed by atoms with Crippen molar-refractivity contribution in [3.8, 4) is 5.75 Å². The molecular formula is C20H27N3O2. The van der Waals surface area contributed by atoms with Crippen molar-refractivity contribution in [2.24, 2.45) is 0 Å². The Morgan fingerprint density at radius 2 is 1.72 bits per heavy atom. The molecule has 0 heterocycles. The number of carbonyl (C=O) groups excluding carboxylic acids is 1. The average Bonchev–Trinajstić information content (AvgIpc) is 2.61. The van der Waals surface area contributed by atoms with Crippen molar-refractivity contribution >= 4 is 11.6 Å². The normalized spacial score (nSPS) is 10.5. The smallest absolute Gasteiger partial charge is 0.221 e. The number of nitrogens with zero attached hydrogens (tertiary/aromatic N) is 1. The maximum atomic E-state index is 11.7. The molecule has 2 rings (SSSR count). The summed E-state index contributed by atoms with van der Waals surface area (Å²) in [5, 5.41) is 6.15. The number of carbonyl (C=O) groups is 1. The Hall–Kier alpha value is -2.53. The van der Waals surface area contributed by atoms with Crippen molar-refractivity contribution in [2.75, 3.05) is 39.0 Å². The van der Waals surface area contributed by atoms with Crippen LogP contribution in [0.15, 0.2) is 54.6 Å². The highest BCUT2D eigenvalue weighted by atomic mass is 16.5. The molecule has 2 aromatic carbocycles. The summed E-state index contributed by atoms with van der Waals surface area (Å²) in [6.07, 6.45) is 0.458. The summed E-state index contributed by atoms with van der Waals surface area (Å²) in [5.74, 6) is 0.896. The van der Waals surface area contributed by atoms with E-state index in [0.29, 0.717) is 26.1 Å². The molecule has 0 aromatic heterocycles. The number of benzene rings is 2. The Morgan fingerprint density at radius 1 is 1.00 bits per heavy atom. The first-order chi connectivity index (χ1) is 12.1. The maximum absolute atomic E-state index is 11.7. The topological polar surface area (TPSA) is 53.6 Å². The highest BCUT2D eigenvalue weighted by Crippen LogP contribution is 2.17. The molecule has 0 bridgehead atoms. The van der Waals surface area contributed by atoms with Crippen LogP contribution in [-0.4, -0.2) is 44.5 Å². The van der Waals surface area contributed by atoms with Gasteiger partial charge >= 0.3 is 0 Å². The monoisotopic (exact) mass is 341 g/mol. The second-order valence-corrected chi connectivity index (χ2v) is 6.13. The van der Waals surface area contributed by atoms with Gasteiger partial charge in [-0.05, 0) is 43.9 Å². The predicted molar refractivity (Wildman–Crippen MR) is 102 cm³/mol. The molecule has 0 spiro atoms. The Labute approximate surface area is 150 Å². The van der Waals surface area contributed by atoms with Crippen LogP contribution in [0, 0.1) is 0 Å². The van der Waals surface area contributed by atoms with Gasteiger partial charge in [0.25, 0.3) is 0 Å². The number of likely N-dealkylation sites (N-methyl/N-ethyl adjacent to an activating group) is 1. The Morgan fingerprint density at radius 3 is 2.40 bits per heavy atom. The van der Waals surface area contributed by atoms with E-state index in [1.807, 2.05) is 73.6 Å². The summed E-state index contributed by atoms with van der Waals surface area (Å²) >= 11 is 0. The van der Waals surface area contributed by atoms with Crippen molar-refractivity contribution in [1.29, 1.82) is 0 Å². The van der Waals surface area contributed by atoms with Gasteiger partial charge in [0.2, 0.25) is 5.91 Å². The largest absolute Gasteiger partial charge is 0.489 e. The van der Waals surface area contributed by atoms with Crippen LogP contribution in [-0.2, 0) is 11.4 Å². The molecule has 25 heavy (non-hydrogen) atoms. The van der Waals surface area contributed by atoms with E-state index in [9.17, 15) is 4.79 Å². The fraction of sp³-hybridized carbons (Fsp3) is 0.350. The number of hydrogen-bond donors (Lipinski definition) is 2. The van der Waals surface area contributed by atoms with Crippen LogP contribution >= 0.6 is 0 Å². The van der Waals surface area contributed by atoms with Crippen LogP contribution in [0.25, 0.3) is 0 Å². The summed E-state index contributed by atoms with van der Waals surface area (Å²) in [4.78, 5) is 13.7. The van der Waals surface area contributed by atoms with Crippen molar-refractivity contribution in [1.82, 2.24) is 10.2 Å². The molecule has 0 atom stereocenters. The van der Waals surface area contributed by atoms with E-state index in [2.05, 4.69) is 10.6 Å². The molecule has 5 nitrogen and oxygen atoms in total. The van der Waals surface area contributed by atoms with Crippen molar-refractivity contribution in [3.05, 3.63) is 60.2 Å². The van der Waals surface area contributed by atoms with Gasteiger partial charge in [0.05, 0.1) is 0 Å². The van der Waals surface area contributed by atoms with E-state index in [1.165, 1.54) is 0 Å². The minimum Gasteiger partial charge on any atom is -0.489 e. The SMILES string of the molecule is CN(C)CCNC(=O)CCNc1ccc(OCc2ccccc2)cc1. The van der Waals surface area contributed by atoms with E-state index in [4.69, 9.17) is 4.74 Å². The van der Waals surface area contributed by atoms with Crippen molar-refractivity contribution in [3.63, 3.8) is 0 Å². The van der Waals surface area contributed by atoms with Gasteiger partial charge in [-0.15, -0.1) is 0 Å². The van der Waals surface area contributed by atoms with Gasteiger partial charge in [-0.25, -0.2) is 0 Å². The molecule has 0 unspecified atom stereocenters. The number of ether oxygens (including phenoxy) is 1. The zero-order chi connectivity index (χ0) is 17.9. The molecule has 0 saturated heterocycles. The lowest BCUT2D eigenvalue weighted by Crippen LogP contribution is -2.32. The third-order valence-electron chi connectivity index (χ3n) is 3.67. The molecule has 0 fully saturated rings. The van der Waals surface area contributed by atoms with Crippen LogP contribution in [0.5, 0.6) is 5.75 Å². The number of anilines is 1. The van der Waals surface area contributed by atoms with Gasteiger partial charge < -0.3 is 20.3 Å². The number of amides is 1. The van der Waals surface area contributed by atoms with Gasteiger partial charge in [-0.3, -0.25) is 4.79 Å². The van der Waals surface area contributed by atoms with Crippen molar-refractivity contribution < 1.29 is 9.53 Å². The quantitative estimate of drug-likeness (QED) is 0.698. The van der Waals surface area contributed by atoms with Gasteiger partial charge in [0, 0.05) is 31.7 Å². The minimum atomic E-state index is 0.0668. The third-order valence-corrected chi connectivity index (χ3v) is 3.67. The first-order valence-electron chi connectivity index (χ1n) is 8.55. The summed E-state index contributed by atoms with van der Waals surface area (Å²) in [7, 11) is 3.97. The van der Waals surface area contributed by atoms with Gasteiger partial charge in [0.15, 0.2) is 0 Å². The van der Waals surface area contributed by atoms with Crippen LogP contribution < -0.4 is 15.4 Å². The van der Waals surface area contributed by atoms with Crippen LogP contribution in [0.2, 0.25) is 0 Å². The van der Waals surface area contributed by atoms with E-state index < -0.39 is 0 Å². The summed E-state index contributed by atoms with van der Waals surface area (Å²) < 4.78 is 5.76. The van der Waals surface area contributed by atoms with Crippen molar-refractivity contribution in [2.45, 2.75) is 13.0 Å². The molecule has 0 saturated carbocycles. The summed E-state index contributed by atoms with van der Waals surface area (Å²) in [5.41, 5.74) is 2.12. The molecule has 2 aromatic rings. The Balaban J connectivity index is 1.65. The van der Waals surface area contributed by atoms with E-state index in [0.717, 1.165) is 23.5 Å². The molecule has 2 N–H and O–H groups in total. The first kappa shape index (κ1) is 18.8. The number of rotatable bonds is 10. The standard InChI is InChI=1S/C20H27N3O2/c1-23(2)15-14-22-20(24)12-13-21-18-8-10-19(11-9-18)25-16-17-6-4-3-5-7-17/h3-11,21H,12-16H2,1-2H3,(H,22,24). The molecule has 1 amide bonds. The van der Waals surface area contributed by atoms with E-state index >= 15 is 0 Å². The fourth-order valence-corrected chi connectivity index (χ4v) is 2.24. The zero-order valence-electron chi connectivity index (χ0n) is 15.0. The third kappa shape index (κ3) is 7.72. The molecular weight excluding hydrogens is 314 g/mol. The minimum absolute atomic E-state index is 0.0668. The highest BCUT2D eigenvalue weighted by Gasteiger charge is 2.01. The lowest BCUT2D eigenvalue weighted by atomic mass is 10.2. The lowest BCUT2D eigenvalue weighted by Gasteiger charge is -2.11.